The molecular weight excluding hydrogens is 224 g/mol. The molecule has 3 atom stereocenters. The van der Waals surface area contributed by atoms with E-state index in [2.05, 4.69) is 16.6 Å². The standard InChI is InChI=1S/C14H24N4/c1-18-10(8-9-16-18)6-7-13(17-15)14-11-4-2-3-5-12(11)14/h8-9,11-14,17H,2-7,15H2,1H3. The molecule has 0 saturated heterocycles. The monoisotopic (exact) mass is 248 g/mol. The van der Waals surface area contributed by atoms with Crippen LogP contribution in [-0.2, 0) is 13.5 Å². The Morgan fingerprint density at radius 3 is 2.72 bits per heavy atom. The molecule has 18 heavy (non-hydrogen) atoms. The van der Waals surface area contributed by atoms with E-state index in [0.717, 1.165) is 30.6 Å². The molecule has 0 spiro atoms. The Bertz CT molecular complexity index is 388. The summed E-state index contributed by atoms with van der Waals surface area (Å²) in [5.41, 5.74) is 4.38. The Labute approximate surface area is 109 Å². The summed E-state index contributed by atoms with van der Waals surface area (Å²) in [5.74, 6) is 8.54. The maximum atomic E-state index is 5.77. The average molecular weight is 248 g/mol. The summed E-state index contributed by atoms with van der Waals surface area (Å²) in [5, 5.41) is 4.22. The zero-order chi connectivity index (χ0) is 12.5. The van der Waals surface area contributed by atoms with E-state index < -0.39 is 0 Å². The fourth-order valence-electron chi connectivity index (χ4n) is 3.98. The average Bonchev–Trinajstić information content (AvgIpc) is 2.97. The Morgan fingerprint density at radius 1 is 1.44 bits per heavy atom. The normalized spacial score (nSPS) is 32.0. The number of fused-ring (bicyclic) bond motifs is 1. The lowest BCUT2D eigenvalue weighted by Crippen LogP contribution is -2.38. The van der Waals surface area contributed by atoms with Gasteiger partial charge in [0.25, 0.3) is 0 Å². The molecule has 0 aliphatic heterocycles. The van der Waals surface area contributed by atoms with Gasteiger partial charge in [-0.1, -0.05) is 12.8 Å². The summed E-state index contributed by atoms with van der Waals surface area (Å²) in [6.45, 7) is 0. The van der Waals surface area contributed by atoms with Crippen molar-refractivity contribution >= 4 is 0 Å². The van der Waals surface area contributed by atoms with Crippen molar-refractivity contribution < 1.29 is 0 Å². The molecule has 2 aliphatic rings. The van der Waals surface area contributed by atoms with E-state index in [1.807, 2.05) is 17.9 Å². The Morgan fingerprint density at radius 2 is 2.17 bits per heavy atom. The van der Waals surface area contributed by atoms with E-state index in [0.29, 0.717) is 6.04 Å². The molecule has 2 saturated carbocycles. The molecule has 0 bridgehead atoms. The summed E-state index contributed by atoms with van der Waals surface area (Å²) in [6.07, 6.45) is 9.79. The molecule has 3 N–H and O–H groups in total. The smallest absolute Gasteiger partial charge is 0.0492 e. The van der Waals surface area contributed by atoms with Crippen LogP contribution < -0.4 is 11.3 Å². The minimum atomic E-state index is 0.494. The van der Waals surface area contributed by atoms with Gasteiger partial charge in [-0.25, -0.2) is 0 Å². The first kappa shape index (κ1) is 12.2. The fraction of sp³-hybridized carbons (Fsp3) is 0.786. The third-order valence-corrected chi connectivity index (χ3v) is 5.04. The van der Waals surface area contributed by atoms with Crippen molar-refractivity contribution in [2.24, 2.45) is 30.6 Å². The molecule has 1 aromatic heterocycles. The third-order valence-electron chi connectivity index (χ3n) is 5.04. The van der Waals surface area contributed by atoms with Crippen LogP contribution in [0.25, 0.3) is 0 Å². The van der Waals surface area contributed by atoms with E-state index in [1.165, 1.54) is 31.4 Å². The molecule has 1 aromatic rings. The molecule has 3 rings (SSSR count). The van der Waals surface area contributed by atoms with Gasteiger partial charge in [0, 0.05) is 25.0 Å². The molecule has 4 heteroatoms. The van der Waals surface area contributed by atoms with Gasteiger partial charge in [0.2, 0.25) is 0 Å². The summed E-state index contributed by atoms with van der Waals surface area (Å²) >= 11 is 0. The fourth-order valence-corrected chi connectivity index (χ4v) is 3.98. The highest BCUT2D eigenvalue weighted by atomic mass is 15.3. The number of nitrogens with one attached hydrogen (secondary N) is 1. The van der Waals surface area contributed by atoms with Gasteiger partial charge in [0.15, 0.2) is 0 Å². The lowest BCUT2D eigenvalue weighted by molar-refractivity contribution is 0.410. The van der Waals surface area contributed by atoms with Crippen molar-refractivity contribution in [2.75, 3.05) is 0 Å². The van der Waals surface area contributed by atoms with Gasteiger partial charge >= 0.3 is 0 Å². The highest BCUT2D eigenvalue weighted by Crippen LogP contribution is 2.57. The van der Waals surface area contributed by atoms with Gasteiger partial charge in [-0.3, -0.25) is 16.0 Å². The van der Waals surface area contributed by atoms with Crippen molar-refractivity contribution in [3.05, 3.63) is 18.0 Å². The van der Waals surface area contributed by atoms with E-state index in [1.54, 1.807) is 0 Å². The van der Waals surface area contributed by atoms with Crippen LogP contribution in [0.2, 0.25) is 0 Å². The van der Waals surface area contributed by atoms with Crippen LogP contribution in [0.1, 0.15) is 37.8 Å². The van der Waals surface area contributed by atoms with E-state index >= 15 is 0 Å². The Kier molecular flexibility index (Phi) is 3.39. The second-order valence-electron chi connectivity index (χ2n) is 5.95. The van der Waals surface area contributed by atoms with Crippen LogP contribution >= 0.6 is 0 Å². The van der Waals surface area contributed by atoms with Gasteiger partial charge in [0.05, 0.1) is 0 Å². The SMILES string of the molecule is Cn1nccc1CCC(NN)C1C2CCCCC21. The van der Waals surface area contributed by atoms with Crippen LogP contribution in [0.15, 0.2) is 12.3 Å². The van der Waals surface area contributed by atoms with E-state index in [9.17, 15) is 0 Å². The van der Waals surface area contributed by atoms with Gasteiger partial charge in [0.1, 0.15) is 0 Å². The second kappa shape index (κ2) is 5.02. The number of aryl methyl sites for hydroxylation is 2. The largest absolute Gasteiger partial charge is 0.273 e. The third kappa shape index (κ3) is 2.19. The molecule has 0 radical (unpaired) electrons. The molecule has 1 heterocycles. The predicted molar refractivity (Wildman–Crippen MR) is 71.6 cm³/mol. The summed E-state index contributed by atoms with van der Waals surface area (Å²) in [4.78, 5) is 0. The molecule has 0 amide bonds. The Hall–Kier alpha value is -0.870. The lowest BCUT2D eigenvalue weighted by atomic mass is 10.0. The minimum Gasteiger partial charge on any atom is -0.273 e. The van der Waals surface area contributed by atoms with E-state index in [-0.39, 0.29) is 0 Å². The van der Waals surface area contributed by atoms with Gasteiger partial charge in [-0.2, -0.15) is 5.10 Å². The summed E-state index contributed by atoms with van der Waals surface area (Å²) in [6, 6.07) is 2.60. The van der Waals surface area contributed by atoms with Crippen molar-refractivity contribution in [3.63, 3.8) is 0 Å². The summed E-state index contributed by atoms with van der Waals surface area (Å²) in [7, 11) is 2.01. The first-order valence-corrected chi connectivity index (χ1v) is 7.24. The number of nitrogens with zero attached hydrogens (tertiary/aromatic N) is 2. The maximum absolute atomic E-state index is 5.77. The minimum absolute atomic E-state index is 0.494. The molecule has 0 aromatic carbocycles. The Balaban J connectivity index is 1.56. The topological polar surface area (TPSA) is 55.9 Å². The number of hydrogen-bond donors (Lipinski definition) is 2. The zero-order valence-electron chi connectivity index (χ0n) is 11.2. The quantitative estimate of drug-likeness (QED) is 0.615. The van der Waals surface area contributed by atoms with Crippen LogP contribution in [0.4, 0.5) is 0 Å². The van der Waals surface area contributed by atoms with Crippen molar-refractivity contribution in [3.8, 4) is 0 Å². The number of aromatic nitrogens is 2. The predicted octanol–water partition coefficient (Wildman–Crippen LogP) is 1.62. The molecule has 2 aliphatic carbocycles. The van der Waals surface area contributed by atoms with Gasteiger partial charge < -0.3 is 0 Å². The molecule has 100 valence electrons. The van der Waals surface area contributed by atoms with Crippen molar-refractivity contribution in [1.82, 2.24) is 15.2 Å². The molecule has 4 nitrogen and oxygen atoms in total. The first-order valence-electron chi connectivity index (χ1n) is 7.24. The molecule has 3 unspecified atom stereocenters. The summed E-state index contributed by atoms with van der Waals surface area (Å²) < 4.78 is 1.97. The maximum Gasteiger partial charge on any atom is 0.0492 e. The van der Waals surface area contributed by atoms with Gasteiger partial charge in [-0.05, 0) is 49.5 Å². The second-order valence-corrected chi connectivity index (χ2v) is 5.95. The number of nitrogens with two attached hydrogens (primary N) is 1. The van der Waals surface area contributed by atoms with Crippen LogP contribution in [0.3, 0.4) is 0 Å². The zero-order valence-corrected chi connectivity index (χ0v) is 11.2. The molecule has 2 fully saturated rings. The van der Waals surface area contributed by atoms with Crippen molar-refractivity contribution in [2.45, 2.75) is 44.6 Å². The highest BCUT2D eigenvalue weighted by Gasteiger charge is 2.53. The number of hydrogen-bond acceptors (Lipinski definition) is 3. The first-order chi connectivity index (χ1) is 8.81. The van der Waals surface area contributed by atoms with E-state index in [4.69, 9.17) is 5.84 Å². The highest BCUT2D eigenvalue weighted by molar-refractivity contribution is 5.06. The van der Waals surface area contributed by atoms with Crippen LogP contribution in [0.5, 0.6) is 0 Å². The van der Waals surface area contributed by atoms with Crippen molar-refractivity contribution in [1.29, 1.82) is 0 Å². The number of rotatable bonds is 5. The lowest BCUT2D eigenvalue weighted by Gasteiger charge is -2.16. The number of hydrazine groups is 1. The van der Waals surface area contributed by atoms with Gasteiger partial charge in [-0.15, -0.1) is 0 Å². The van der Waals surface area contributed by atoms with Crippen LogP contribution in [-0.4, -0.2) is 15.8 Å². The van der Waals surface area contributed by atoms with Crippen LogP contribution in [0, 0.1) is 17.8 Å². The molecular formula is C14H24N4.